The first-order valence-electron chi connectivity index (χ1n) is 5.68. The smallest absolute Gasteiger partial charge is 0.227 e. The standard InChI is InChI=1S/C12H13NO5/c14-7-5-17-11(10(16)9(7)15)12-13-6-3-1-2-4-8(6)18-12/h1-4,7,9-11,14-16H,5H2/t7-,9+,10-,11-/m1/s1. The van der Waals surface area contributed by atoms with E-state index in [0.29, 0.717) is 11.1 Å². The number of ether oxygens (including phenoxy) is 1. The molecular formula is C12H13NO5. The molecule has 3 N–H and O–H groups in total. The summed E-state index contributed by atoms with van der Waals surface area (Å²) in [5.74, 6) is 0.203. The summed E-state index contributed by atoms with van der Waals surface area (Å²) >= 11 is 0. The van der Waals surface area contributed by atoms with Gasteiger partial charge in [-0.1, -0.05) is 12.1 Å². The number of aromatic nitrogens is 1. The lowest BCUT2D eigenvalue weighted by atomic mass is 10.0. The molecule has 2 aromatic rings. The van der Waals surface area contributed by atoms with Crippen molar-refractivity contribution in [2.75, 3.05) is 6.61 Å². The van der Waals surface area contributed by atoms with Crippen LogP contribution in [0.4, 0.5) is 0 Å². The van der Waals surface area contributed by atoms with Crippen molar-refractivity contribution in [2.45, 2.75) is 24.4 Å². The molecule has 96 valence electrons. The highest BCUT2D eigenvalue weighted by Crippen LogP contribution is 2.30. The van der Waals surface area contributed by atoms with Crippen LogP contribution in [0.1, 0.15) is 12.0 Å². The van der Waals surface area contributed by atoms with E-state index in [9.17, 15) is 15.3 Å². The normalized spacial score (nSPS) is 32.8. The zero-order valence-electron chi connectivity index (χ0n) is 9.43. The molecular weight excluding hydrogens is 238 g/mol. The SMILES string of the molecule is O[C@@H]1[C@@H](O)[C@H](c2nc3ccccc3o2)OC[C@H]1O. The van der Waals surface area contributed by atoms with Crippen molar-refractivity contribution in [3.8, 4) is 0 Å². The van der Waals surface area contributed by atoms with Crippen molar-refractivity contribution in [3.63, 3.8) is 0 Å². The minimum absolute atomic E-state index is 0.0678. The van der Waals surface area contributed by atoms with Crippen LogP contribution in [0.2, 0.25) is 0 Å². The predicted octanol–water partition coefficient (Wildman–Crippen LogP) is -0.0182. The molecule has 1 aliphatic rings. The highest BCUT2D eigenvalue weighted by atomic mass is 16.5. The van der Waals surface area contributed by atoms with Gasteiger partial charge in [0.1, 0.15) is 23.8 Å². The van der Waals surface area contributed by atoms with Crippen LogP contribution in [-0.4, -0.2) is 45.2 Å². The number of hydrogen-bond donors (Lipinski definition) is 3. The lowest BCUT2D eigenvalue weighted by Gasteiger charge is -2.33. The molecule has 0 radical (unpaired) electrons. The van der Waals surface area contributed by atoms with Gasteiger partial charge in [-0.05, 0) is 12.1 Å². The minimum Gasteiger partial charge on any atom is -0.438 e. The van der Waals surface area contributed by atoms with E-state index in [1.807, 2.05) is 12.1 Å². The molecule has 1 fully saturated rings. The monoisotopic (exact) mass is 251 g/mol. The summed E-state index contributed by atoms with van der Waals surface area (Å²) in [6.45, 7) is -0.0678. The van der Waals surface area contributed by atoms with E-state index < -0.39 is 24.4 Å². The second kappa shape index (κ2) is 4.33. The van der Waals surface area contributed by atoms with E-state index in [0.717, 1.165) is 0 Å². The van der Waals surface area contributed by atoms with Crippen LogP contribution in [0.15, 0.2) is 28.7 Å². The van der Waals surface area contributed by atoms with Gasteiger partial charge in [0, 0.05) is 0 Å². The van der Waals surface area contributed by atoms with Gasteiger partial charge >= 0.3 is 0 Å². The Morgan fingerprint density at radius 2 is 1.89 bits per heavy atom. The maximum atomic E-state index is 9.85. The number of para-hydroxylation sites is 2. The first-order chi connectivity index (χ1) is 8.66. The maximum Gasteiger partial charge on any atom is 0.227 e. The van der Waals surface area contributed by atoms with Gasteiger partial charge in [-0.15, -0.1) is 0 Å². The fraction of sp³-hybridized carbons (Fsp3) is 0.417. The lowest BCUT2D eigenvalue weighted by Crippen LogP contribution is -2.49. The number of aliphatic hydroxyl groups is 3. The van der Waals surface area contributed by atoms with Crippen LogP contribution < -0.4 is 0 Å². The number of benzene rings is 1. The van der Waals surface area contributed by atoms with E-state index in [-0.39, 0.29) is 12.5 Å². The molecule has 18 heavy (non-hydrogen) atoms. The first-order valence-corrected chi connectivity index (χ1v) is 5.68. The van der Waals surface area contributed by atoms with Crippen molar-refractivity contribution in [2.24, 2.45) is 0 Å². The lowest BCUT2D eigenvalue weighted by molar-refractivity contribution is -0.194. The van der Waals surface area contributed by atoms with Crippen LogP contribution in [0.25, 0.3) is 11.1 Å². The van der Waals surface area contributed by atoms with Crippen molar-refractivity contribution < 1.29 is 24.5 Å². The summed E-state index contributed by atoms with van der Waals surface area (Å²) in [5.41, 5.74) is 1.24. The number of oxazole rings is 1. The Kier molecular flexibility index (Phi) is 2.79. The Morgan fingerprint density at radius 1 is 1.11 bits per heavy atom. The average Bonchev–Trinajstić information content (AvgIpc) is 2.79. The molecule has 6 nitrogen and oxygen atoms in total. The quantitative estimate of drug-likeness (QED) is 0.659. The van der Waals surface area contributed by atoms with E-state index in [1.165, 1.54) is 0 Å². The summed E-state index contributed by atoms with van der Waals surface area (Å²) in [4.78, 5) is 4.20. The van der Waals surface area contributed by atoms with E-state index >= 15 is 0 Å². The van der Waals surface area contributed by atoms with Crippen LogP contribution in [0.5, 0.6) is 0 Å². The van der Waals surface area contributed by atoms with Gasteiger partial charge in [-0.3, -0.25) is 0 Å². The number of hydrogen-bond acceptors (Lipinski definition) is 6. The largest absolute Gasteiger partial charge is 0.438 e. The fourth-order valence-corrected chi connectivity index (χ4v) is 2.04. The van der Waals surface area contributed by atoms with Crippen LogP contribution in [0.3, 0.4) is 0 Å². The Hall–Kier alpha value is -1.47. The average molecular weight is 251 g/mol. The molecule has 0 saturated carbocycles. The number of aliphatic hydroxyl groups excluding tert-OH is 3. The van der Waals surface area contributed by atoms with Crippen molar-refractivity contribution in [1.82, 2.24) is 4.98 Å². The maximum absolute atomic E-state index is 9.85. The topological polar surface area (TPSA) is 96.0 Å². The van der Waals surface area contributed by atoms with E-state index in [1.54, 1.807) is 12.1 Å². The Morgan fingerprint density at radius 3 is 2.67 bits per heavy atom. The summed E-state index contributed by atoms with van der Waals surface area (Å²) in [6.07, 6.45) is -4.49. The summed E-state index contributed by atoms with van der Waals surface area (Å²) < 4.78 is 10.7. The van der Waals surface area contributed by atoms with Gasteiger partial charge < -0.3 is 24.5 Å². The van der Waals surface area contributed by atoms with Crippen molar-refractivity contribution >= 4 is 11.1 Å². The summed E-state index contributed by atoms with van der Waals surface area (Å²) in [6, 6.07) is 7.18. The fourth-order valence-electron chi connectivity index (χ4n) is 2.04. The van der Waals surface area contributed by atoms with Gasteiger partial charge in [-0.2, -0.15) is 0 Å². The molecule has 0 aliphatic carbocycles. The molecule has 6 heteroatoms. The molecule has 1 aromatic heterocycles. The third-order valence-electron chi connectivity index (χ3n) is 3.05. The second-order valence-corrected chi connectivity index (χ2v) is 4.32. The Balaban J connectivity index is 1.94. The van der Waals surface area contributed by atoms with Gasteiger partial charge in [-0.25, -0.2) is 4.98 Å². The molecule has 2 heterocycles. The minimum atomic E-state index is -1.27. The predicted molar refractivity (Wildman–Crippen MR) is 60.7 cm³/mol. The Bertz CT molecular complexity index is 521. The van der Waals surface area contributed by atoms with Gasteiger partial charge in [0.05, 0.1) is 6.61 Å². The molecule has 0 amide bonds. The van der Waals surface area contributed by atoms with Crippen molar-refractivity contribution in [1.29, 1.82) is 0 Å². The zero-order valence-corrected chi connectivity index (χ0v) is 9.43. The van der Waals surface area contributed by atoms with Crippen LogP contribution in [-0.2, 0) is 4.74 Å². The van der Waals surface area contributed by atoms with E-state index in [4.69, 9.17) is 9.15 Å². The summed E-state index contributed by atoms with van der Waals surface area (Å²) in [7, 11) is 0. The Labute approximate surface area is 102 Å². The third kappa shape index (κ3) is 1.79. The second-order valence-electron chi connectivity index (χ2n) is 4.32. The van der Waals surface area contributed by atoms with Crippen LogP contribution >= 0.6 is 0 Å². The van der Waals surface area contributed by atoms with E-state index in [2.05, 4.69) is 4.98 Å². The molecule has 0 spiro atoms. The highest BCUT2D eigenvalue weighted by Gasteiger charge is 2.40. The molecule has 0 unspecified atom stereocenters. The molecule has 3 rings (SSSR count). The van der Waals surface area contributed by atoms with Gasteiger partial charge in [0.25, 0.3) is 0 Å². The van der Waals surface area contributed by atoms with Gasteiger partial charge in [0.2, 0.25) is 5.89 Å². The summed E-state index contributed by atoms with van der Waals surface area (Å²) in [5, 5.41) is 28.8. The number of nitrogens with zero attached hydrogens (tertiary/aromatic N) is 1. The van der Waals surface area contributed by atoms with Crippen LogP contribution in [0, 0.1) is 0 Å². The van der Waals surface area contributed by atoms with Gasteiger partial charge in [0.15, 0.2) is 11.7 Å². The molecule has 1 saturated heterocycles. The van der Waals surface area contributed by atoms with Crippen molar-refractivity contribution in [3.05, 3.63) is 30.2 Å². The number of fused-ring (bicyclic) bond motifs is 1. The molecule has 0 bridgehead atoms. The zero-order chi connectivity index (χ0) is 12.7. The first kappa shape index (κ1) is 11.6. The third-order valence-corrected chi connectivity index (χ3v) is 3.05. The number of rotatable bonds is 1. The molecule has 4 atom stereocenters. The molecule has 1 aliphatic heterocycles. The molecule has 1 aromatic carbocycles. The highest BCUT2D eigenvalue weighted by molar-refractivity contribution is 5.72.